The molecule has 0 radical (unpaired) electrons. The van der Waals surface area contributed by atoms with E-state index in [2.05, 4.69) is 23.2 Å². The smallest absolute Gasteiger partial charge is 0.235 e. The van der Waals surface area contributed by atoms with Gasteiger partial charge in [0.2, 0.25) is 5.91 Å². The molecule has 1 amide bonds. The number of carbonyl (C=O) groups excluding carboxylic acids is 1. The van der Waals surface area contributed by atoms with E-state index in [-0.39, 0.29) is 18.0 Å². The molecule has 5 heteroatoms. The van der Waals surface area contributed by atoms with E-state index in [1.165, 1.54) is 0 Å². The van der Waals surface area contributed by atoms with Gasteiger partial charge in [0.1, 0.15) is 5.75 Å². The Morgan fingerprint density at radius 3 is 2.65 bits per heavy atom. The molecule has 2 unspecified atom stereocenters. The van der Waals surface area contributed by atoms with Crippen LogP contribution in [0.5, 0.6) is 5.75 Å². The number of benzene rings is 1. The lowest BCUT2D eigenvalue weighted by Crippen LogP contribution is -2.49. The molecule has 0 aliphatic carbocycles. The van der Waals surface area contributed by atoms with Crippen LogP contribution >= 0.6 is 0 Å². The van der Waals surface area contributed by atoms with Crippen LogP contribution in [-0.2, 0) is 11.2 Å². The molecule has 0 aromatic heterocycles. The Balaban J connectivity index is 2.65. The molecule has 0 saturated carbocycles. The van der Waals surface area contributed by atoms with E-state index in [0.717, 1.165) is 17.7 Å². The van der Waals surface area contributed by atoms with Gasteiger partial charge in [-0.3, -0.25) is 4.79 Å². The van der Waals surface area contributed by atoms with E-state index in [0.29, 0.717) is 6.54 Å². The zero-order chi connectivity index (χ0) is 15.1. The van der Waals surface area contributed by atoms with Crippen molar-refractivity contribution in [1.29, 1.82) is 0 Å². The van der Waals surface area contributed by atoms with Crippen molar-refractivity contribution in [2.45, 2.75) is 25.4 Å². The lowest BCUT2D eigenvalue weighted by atomic mass is 10.0. The van der Waals surface area contributed by atoms with E-state index in [1.807, 2.05) is 25.2 Å². The average Bonchev–Trinajstić information content (AvgIpc) is 2.44. The summed E-state index contributed by atoms with van der Waals surface area (Å²) in [7, 11) is 5.42. The summed E-state index contributed by atoms with van der Waals surface area (Å²) in [6.07, 6.45) is 0.857. The lowest BCUT2D eigenvalue weighted by Gasteiger charge is -2.28. The van der Waals surface area contributed by atoms with Gasteiger partial charge in [-0.25, -0.2) is 0 Å². The molecule has 3 N–H and O–H groups in total. The molecule has 1 aromatic rings. The minimum absolute atomic E-state index is 0.279. The topological polar surface area (TPSA) is 67.6 Å². The Morgan fingerprint density at radius 2 is 2.10 bits per heavy atom. The van der Waals surface area contributed by atoms with Crippen LogP contribution in [0.15, 0.2) is 24.3 Å². The third-order valence-electron chi connectivity index (χ3n) is 3.62. The summed E-state index contributed by atoms with van der Waals surface area (Å²) in [5.74, 6) is 0.566. The van der Waals surface area contributed by atoms with Crippen molar-refractivity contribution in [3.8, 4) is 5.75 Å². The Morgan fingerprint density at radius 1 is 1.45 bits per heavy atom. The number of nitrogens with one attached hydrogen (secondary N) is 1. The van der Waals surface area contributed by atoms with Crippen LogP contribution in [0.3, 0.4) is 0 Å². The SMILES string of the molecule is CNC(CN(C)C(C)Cc1ccccc1OC)C(N)=O. The fourth-order valence-corrected chi connectivity index (χ4v) is 2.14. The standard InChI is InChI=1S/C15H25N3O2/c1-11(18(3)10-13(17-2)15(16)19)9-12-7-5-6-8-14(12)20-4/h5-8,11,13,17H,9-10H2,1-4H3,(H2,16,19). The molecular weight excluding hydrogens is 254 g/mol. The van der Waals surface area contributed by atoms with Gasteiger partial charge in [0.05, 0.1) is 13.2 Å². The van der Waals surface area contributed by atoms with Gasteiger partial charge in [0.15, 0.2) is 0 Å². The molecule has 1 rings (SSSR count). The van der Waals surface area contributed by atoms with Crippen molar-refractivity contribution in [2.24, 2.45) is 5.73 Å². The minimum atomic E-state index is -0.333. The first-order valence-electron chi connectivity index (χ1n) is 6.78. The number of rotatable bonds is 8. The van der Waals surface area contributed by atoms with Crippen molar-refractivity contribution < 1.29 is 9.53 Å². The van der Waals surface area contributed by atoms with E-state index in [1.54, 1.807) is 14.2 Å². The summed E-state index contributed by atoms with van der Waals surface area (Å²) in [5.41, 5.74) is 6.51. The quantitative estimate of drug-likeness (QED) is 0.732. The van der Waals surface area contributed by atoms with Gasteiger partial charge in [0, 0.05) is 12.6 Å². The Kier molecular flexibility index (Phi) is 6.48. The number of nitrogens with two attached hydrogens (primary N) is 1. The maximum atomic E-state index is 11.3. The molecule has 2 atom stereocenters. The van der Waals surface area contributed by atoms with Crippen LogP contribution < -0.4 is 15.8 Å². The molecule has 20 heavy (non-hydrogen) atoms. The first kappa shape index (κ1) is 16.5. The second-order valence-corrected chi connectivity index (χ2v) is 5.05. The fourth-order valence-electron chi connectivity index (χ4n) is 2.14. The monoisotopic (exact) mass is 279 g/mol. The predicted octanol–water partition coefficient (Wildman–Crippen LogP) is 0.631. The van der Waals surface area contributed by atoms with Crippen molar-refractivity contribution in [1.82, 2.24) is 10.2 Å². The number of carbonyl (C=O) groups is 1. The van der Waals surface area contributed by atoms with E-state index in [4.69, 9.17) is 10.5 Å². The van der Waals surface area contributed by atoms with Crippen molar-refractivity contribution >= 4 is 5.91 Å². The van der Waals surface area contributed by atoms with Gasteiger partial charge >= 0.3 is 0 Å². The van der Waals surface area contributed by atoms with Crippen LogP contribution in [0, 0.1) is 0 Å². The summed E-state index contributed by atoms with van der Waals surface area (Å²) in [6.45, 7) is 2.71. The molecule has 0 bridgehead atoms. The normalized spacial score (nSPS) is 14.1. The van der Waals surface area contributed by atoms with E-state index >= 15 is 0 Å². The zero-order valence-electron chi connectivity index (χ0n) is 12.7. The molecule has 0 aliphatic heterocycles. The second kappa shape index (κ2) is 7.87. The average molecular weight is 279 g/mol. The Hall–Kier alpha value is -1.59. The Labute approximate surface area is 121 Å². The lowest BCUT2D eigenvalue weighted by molar-refractivity contribution is -0.120. The van der Waals surface area contributed by atoms with E-state index in [9.17, 15) is 4.79 Å². The maximum absolute atomic E-state index is 11.3. The maximum Gasteiger partial charge on any atom is 0.235 e. The van der Waals surface area contributed by atoms with Gasteiger partial charge in [-0.15, -0.1) is 0 Å². The number of para-hydroxylation sites is 1. The van der Waals surface area contributed by atoms with Gasteiger partial charge in [-0.05, 0) is 39.1 Å². The van der Waals surface area contributed by atoms with Crippen molar-refractivity contribution in [3.05, 3.63) is 29.8 Å². The second-order valence-electron chi connectivity index (χ2n) is 5.05. The molecule has 0 heterocycles. The van der Waals surface area contributed by atoms with Crippen molar-refractivity contribution in [3.63, 3.8) is 0 Å². The van der Waals surface area contributed by atoms with Crippen LogP contribution in [0.25, 0.3) is 0 Å². The number of likely N-dealkylation sites (N-methyl/N-ethyl adjacent to an activating group) is 2. The highest BCUT2D eigenvalue weighted by molar-refractivity contribution is 5.80. The van der Waals surface area contributed by atoms with Gasteiger partial charge in [0.25, 0.3) is 0 Å². The van der Waals surface area contributed by atoms with Crippen LogP contribution in [0.2, 0.25) is 0 Å². The first-order chi connectivity index (χ1) is 9.49. The molecule has 0 saturated heterocycles. The van der Waals surface area contributed by atoms with Gasteiger partial charge in [-0.1, -0.05) is 18.2 Å². The Bertz CT molecular complexity index is 437. The highest BCUT2D eigenvalue weighted by Crippen LogP contribution is 2.20. The summed E-state index contributed by atoms with van der Waals surface area (Å²) in [6, 6.07) is 7.93. The third kappa shape index (κ3) is 4.51. The number of primary amides is 1. The molecule has 0 aliphatic rings. The molecule has 0 spiro atoms. The number of hydrogen-bond donors (Lipinski definition) is 2. The van der Waals surface area contributed by atoms with Crippen LogP contribution in [0.1, 0.15) is 12.5 Å². The largest absolute Gasteiger partial charge is 0.496 e. The van der Waals surface area contributed by atoms with Crippen LogP contribution in [0.4, 0.5) is 0 Å². The third-order valence-corrected chi connectivity index (χ3v) is 3.62. The number of nitrogens with zero attached hydrogens (tertiary/aromatic N) is 1. The summed E-state index contributed by atoms with van der Waals surface area (Å²) in [4.78, 5) is 13.4. The molecular formula is C15H25N3O2. The highest BCUT2D eigenvalue weighted by Gasteiger charge is 2.19. The summed E-state index contributed by atoms with van der Waals surface area (Å²) >= 11 is 0. The predicted molar refractivity (Wildman–Crippen MR) is 80.8 cm³/mol. The van der Waals surface area contributed by atoms with E-state index < -0.39 is 0 Å². The summed E-state index contributed by atoms with van der Waals surface area (Å²) in [5, 5.41) is 2.93. The summed E-state index contributed by atoms with van der Waals surface area (Å²) < 4.78 is 5.36. The molecule has 1 aromatic carbocycles. The fraction of sp³-hybridized carbons (Fsp3) is 0.533. The highest BCUT2D eigenvalue weighted by atomic mass is 16.5. The number of hydrogen-bond acceptors (Lipinski definition) is 4. The van der Waals surface area contributed by atoms with Gasteiger partial charge < -0.3 is 20.7 Å². The molecule has 0 fully saturated rings. The number of ether oxygens (including phenoxy) is 1. The van der Waals surface area contributed by atoms with Crippen molar-refractivity contribution in [2.75, 3.05) is 27.7 Å². The molecule has 112 valence electrons. The first-order valence-corrected chi connectivity index (χ1v) is 6.78. The van der Waals surface area contributed by atoms with Gasteiger partial charge in [-0.2, -0.15) is 0 Å². The number of amides is 1. The number of methoxy groups -OCH3 is 1. The van der Waals surface area contributed by atoms with Crippen LogP contribution in [-0.4, -0.2) is 50.6 Å². The minimum Gasteiger partial charge on any atom is -0.496 e. The molecule has 5 nitrogen and oxygen atoms in total. The zero-order valence-corrected chi connectivity index (χ0v) is 12.7.